The zero-order chi connectivity index (χ0) is 16.6. The summed E-state index contributed by atoms with van der Waals surface area (Å²) >= 11 is 0. The molecule has 2 aromatic carbocycles. The zero-order valence-electron chi connectivity index (χ0n) is 14.3. The van der Waals surface area contributed by atoms with Gasteiger partial charge in [-0.3, -0.25) is 0 Å². The highest BCUT2D eigenvalue weighted by Gasteiger charge is 2.37. The Balaban J connectivity index is 1.60. The average Bonchev–Trinajstić information content (AvgIpc) is 2.95. The summed E-state index contributed by atoms with van der Waals surface area (Å²) in [4.78, 5) is 3.63. The summed E-state index contributed by atoms with van der Waals surface area (Å²) in [6.07, 6.45) is 1.05. The highest BCUT2D eigenvalue weighted by atomic mass is 16.5. The lowest BCUT2D eigenvalue weighted by atomic mass is 9.86. The van der Waals surface area contributed by atoms with Gasteiger partial charge in [0.15, 0.2) is 0 Å². The molecule has 1 aliphatic rings. The molecule has 0 radical (unpaired) electrons. The quantitative estimate of drug-likeness (QED) is 0.758. The first-order valence-corrected chi connectivity index (χ1v) is 8.65. The Morgan fingerprint density at radius 2 is 1.83 bits per heavy atom. The summed E-state index contributed by atoms with van der Waals surface area (Å²) in [5.74, 6) is 0. The number of hydrogen-bond acceptors (Lipinski definition) is 2. The van der Waals surface area contributed by atoms with Crippen LogP contribution in [-0.2, 0) is 23.3 Å². The van der Waals surface area contributed by atoms with Crippen LogP contribution in [0.5, 0.6) is 0 Å². The third kappa shape index (κ3) is 2.74. The van der Waals surface area contributed by atoms with Crippen molar-refractivity contribution < 1.29 is 4.74 Å². The minimum Gasteiger partial charge on any atom is -0.374 e. The molecular formula is C21H24N2O. The van der Waals surface area contributed by atoms with Crippen molar-refractivity contribution >= 4 is 10.9 Å². The van der Waals surface area contributed by atoms with Gasteiger partial charge in [-0.2, -0.15) is 0 Å². The number of ether oxygens (including phenoxy) is 1. The van der Waals surface area contributed by atoms with E-state index in [2.05, 4.69) is 72.7 Å². The molecular weight excluding hydrogens is 296 g/mol. The first kappa shape index (κ1) is 15.4. The second-order valence-corrected chi connectivity index (χ2v) is 7.08. The Kier molecular flexibility index (Phi) is 3.91. The molecule has 3 nitrogen and oxygen atoms in total. The standard InChI is InChI=1S/C21H24N2O/c1-15-12-18-17-10-6-7-11-19(17)22-20(18)21(2,23-15)14-24-13-16-8-4-3-5-9-16/h3-11,15,22-23H,12-14H2,1-2H3/t15-,21+/m1/s1. The molecule has 2 N–H and O–H groups in total. The molecule has 0 saturated carbocycles. The predicted octanol–water partition coefficient (Wildman–Crippen LogP) is 4.13. The van der Waals surface area contributed by atoms with E-state index in [1.54, 1.807) is 0 Å². The highest BCUT2D eigenvalue weighted by Crippen LogP contribution is 2.35. The van der Waals surface area contributed by atoms with E-state index in [1.165, 1.54) is 27.7 Å². The van der Waals surface area contributed by atoms with Gasteiger partial charge >= 0.3 is 0 Å². The van der Waals surface area contributed by atoms with E-state index in [0.29, 0.717) is 19.3 Å². The molecule has 124 valence electrons. The lowest BCUT2D eigenvalue weighted by Crippen LogP contribution is -2.52. The van der Waals surface area contributed by atoms with Gasteiger partial charge < -0.3 is 15.0 Å². The lowest BCUT2D eigenvalue weighted by molar-refractivity contribution is 0.0531. The van der Waals surface area contributed by atoms with E-state index in [9.17, 15) is 0 Å². The van der Waals surface area contributed by atoms with E-state index >= 15 is 0 Å². The number of aromatic nitrogens is 1. The van der Waals surface area contributed by atoms with Gasteiger partial charge in [-0.1, -0.05) is 48.5 Å². The van der Waals surface area contributed by atoms with E-state index in [4.69, 9.17) is 4.74 Å². The van der Waals surface area contributed by atoms with E-state index in [1.807, 2.05) is 6.07 Å². The SMILES string of the molecule is C[C@@H]1Cc2c([nH]c3ccccc23)[C@](C)(COCc2ccccc2)N1. The topological polar surface area (TPSA) is 37.0 Å². The second kappa shape index (κ2) is 6.08. The largest absolute Gasteiger partial charge is 0.374 e. The molecule has 0 amide bonds. The molecule has 0 saturated heterocycles. The number of aromatic amines is 1. The van der Waals surface area contributed by atoms with Crippen molar-refractivity contribution in [1.29, 1.82) is 0 Å². The summed E-state index contributed by atoms with van der Waals surface area (Å²) in [5, 5.41) is 5.08. The zero-order valence-corrected chi connectivity index (χ0v) is 14.3. The maximum Gasteiger partial charge on any atom is 0.0799 e. The van der Waals surface area contributed by atoms with Crippen molar-refractivity contribution in [1.82, 2.24) is 10.3 Å². The number of para-hydroxylation sites is 1. The second-order valence-electron chi connectivity index (χ2n) is 7.08. The van der Waals surface area contributed by atoms with Crippen LogP contribution in [-0.4, -0.2) is 17.6 Å². The van der Waals surface area contributed by atoms with Crippen LogP contribution < -0.4 is 5.32 Å². The molecule has 1 aliphatic heterocycles. The Labute approximate surface area is 143 Å². The van der Waals surface area contributed by atoms with Crippen molar-refractivity contribution in [2.45, 2.75) is 38.5 Å². The minimum atomic E-state index is -0.194. The molecule has 0 spiro atoms. The average molecular weight is 320 g/mol. The van der Waals surface area contributed by atoms with Crippen LogP contribution in [0.3, 0.4) is 0 Å². The van der Waals surface area contributed by atoms with Gasteiger partial charge in [0.05, 0.1) is 18.8 Å². The fourth-order valence-corrected chi connectivity index (χ4v) is 3.92. The number of nitrogens with one attached hydrogen (secondary N) is 2. The lowest BCUT2D eigenvalue weighted by Gasteiger charge is -2.38. The Morgan fingerprint density at radius 3 is 2.67 bits per heavy atom. The molecule has 0 unspecified atom stereocenters. The molecule has 2 heterocycles. The maximum atomic E-state index is 6.08. The van der Waals surface area contributed by atoms with Gasteiger partial charge in [0.25, 0.3) is 0 Å². The highest BCUT2D eigenvalue weighted by molar-refractivity contribution is 5.85. The van der Waals surface area contributed by atoms with Gasteiger partial charge in [-0.05, 0) is 37.5 Å². The Morgan fingerprint density at radius 1 is 1.08 bits per heavy atom. The van der Waals surface area contributed by atoms with Crippen molar-refractivity contribution in [2.24, 2.45) is 0 Å². The monoisotopic (exact) mass is 320 g/mol. The van der Waals surface area contributed by atoms with Crippen LogP contribution in [0.1, 0.15) is 30.7 Å². The number of hydrogen-bond donors (Lipinski definition) is 2. The first-order valence-electron chi connectivity index (χ1n) is 8.65. The summed E-state index contributed by atoms with van der Waals surface area (Å²) in [5.41, 5.74) is 4.94. The number of rotatable bonds is 4. The first-order chi connectivity index (χ1) is 11.7. The number of H-pyrrole nitrogens is 1. The summed E-state index contributed by atoms with van der Waals surface area (Å²) < 4.78 is 6.08. The van der Waals surface area contributed by atoms with E-state index < -0.39 is 0 Å². The van der Waals surface area contributed by atoms with Crippen molar-refractivity contribution in [3.05, 3.63) is 71.4 Å². The third-order valence-electron chi connectivity index (χ3n) is 4.94. The van der Waals surface area contributed by atoms with Gasteiger partial charge in [-0.15, -0.1) is 0 Å². The number of benzene rings is 2. The molecule has 0 bridgehead atoms. The maximum absolute atomic E-state index is 6.08. The Hall–Kier alpha value is -2.10. The molecule has 4 rings (SSSR count). The van der Waals surface area contributed by atoms with Crippen molar-refractivity contribution in [3.8, 4) is 0 Å². The summed E-state index contributed by atoms with van der Waals surface area (Å²) in [6, 6.07) is 19.4. The van der Waals surface area contributed by atoms with Crippen molar-refractivity contribution in [2.75, 3.05) is 6.61 Å². The van der Waals surface area contributed by atoms with Crippen LogP contribution >= 0.6 is 0 Å². The van der Waals surface area contributed by atoms with E-state index in [0.717, 1.165) is 6.42 Å². The van der Waals surface area contributed by atoms with Crippen LogP contribution in [0.15, 0.2) is 54.6 Å². The van der Waals surface area contributed by atoms with Gasteiger partial charge in [0.2, 0.25) is 0 Å². The van der Waals surface area contributed by atoms with Gasteiger partial charge in [0, 0.05) is 22.6 Å². The molecule has 1 aromatic heterocycles. The molecule has 0 aliphatic carbocycles. The summed E-state index contributed by atoms with van der Waals surface area (Å²) in [6.45, 7) is 5.77. The minimum absolute atomic E-state index is 0.194. The van der Waals surface area contributed by atoms with Crippen LogP contribution in [0.25, 0.3) is 10.9 Å². The van der Waals surface area contributed by atoms with Gasteiger partial charge in [0.1, 0.15) is 0 Å². The molecule has 3 aromatic rings. The van der Waals surface area contributed by atoms with Crippen LogP contribution in [0.2, 0.25) is 0 Å². The Bertz CT molecular complexity index is 839. The normalized spacial score (nSPS) is 23.3. The smallest absolute Gasteiger partial charge is 0.0799 e. The van der Waals surface area contributed by atoms with Crippen LogP contribution in [0, 0.1) is 0 Å². The van der Waals surface area contributed by atoms with E-state index in [-0.39, 0.29) is 5.54 Å². The predicted molar refractivity (Wildman–Crippen MR) is 98.1 cm³/mol. The molecule has 2 atom stereocenters. The van der Waals surface area contributed by atoms with Gasteiger partial charge in [-0.25, -0.2) is 0 Å². The summed E-state index contributed by atoms with van der Waals surface area (Å²) in [7, 11) is 0. The number of fused-ring (bicyclic) bond motifs is 3. The molecule has 0 fully saturated rings. The molecule has 3 heteroatoms. The fraction of sp³-hybridized carbons (Fsp3) is 0.333. The van der Waals surface area contributed by atoms with Crippen molar-refractivity contribution in [3.63, 3.8) is 0 Å². The molecule has 24 heavy (non-hydrogen) atoms. The third-order valence-corrected chi connectivity index (χ3v) is 4.94. The van der Waals surface area contributed by atoms with Crippen LogP contribution in [0.4, 0.5) is 0 Å². The fourth-order valence-electron chi connectivity index (χ4n) is 3.92.